The summed E-state index contributed by atoms with van der Waals surface area (Å²) < 4.78 is 46.4. The van der Waals surface area contributed by atoms with Crippen LogP contribution in [0.25, 0.3) is 0 Å². The minimum Gasteiger partial charge on any atom is -0.465 e. The molecule has 1 rings (SSSR count). The molecule has 0 radical (unpaired) electrons. The van der Waals surface area contributed by atoms with Gasteiger partial charge in [0.25, 0.3) is 0 Å². The zero-order valence-electron chi connectivity index (χ0n) is 9.95. The van der Waals surface area contributed by atoms with Crippen LogP contribution in [0.4, 0.5) is 13.2 Å². The molecule has 0 aliphatic carbocycles. The highest BCUT2D eigenvalue weighted by molar-refractivity contribution is 5.90. The van der Waals surface area contributed by atoms with Crippen LogP contribution in [-0.2, 0) is 23.1 Å². The van der Waals surface area contributed by atoms with Gasteiger partial charge in [0.2, 0.25) is 0 Å². The largest absolute Gasteiger partial charge is 0.465 e. The Morgan fingerprint density at radius 3 is 2.72 bits per heavy atom. The van der Waals surface area contributed by atoms with Crippen molar-refractivity contribution in [3.8, 4) is 0 Å². The number of carbonyl (C=O) groups excluding carboxylic acids is 1. The minimum atomic E-state index is -4.25. The van der Waals surface area contributed by atoms with E-state index in [1.165, 1.54) is 18.0 Å². The van der Waals surface area contributed by atoms with Gasteiger partial charge in [-0.1, -0.05) is 0 Å². The average molecular weight is 266 g/mol. The highest BCUT2D eigenvalue weighted by Crippen LogP contribution is 2.19. The van der Waals surface area contributed by atoms with Gasteiger partial charge in [0, 0.05) is 7.05 Å². The molecule has 1 heterocycles. The summed E-state index contributed by atoms with van der Waals surface area (Å²) in [6, 6.07) is 0. The number of alkyl halides is 3. The van der Waals surface area contributed by atoms with Gasteiger partial charge in [-0.15, -0.1) is 0 Å². The first-order valence-corrected chi connectivity index (χ1v) is 5.09. The van der Waals surface area contributed by atoms with E-state index in [2.05, 4.69) is 9.84 Å². The third-order valence-corrected chi connectivity index (χ3v) is 2.24. The zero-order chi connectivity index (χ0) is 13.8. The van der Waals surface area contributed by atoms with Crippen LogP contribution < -0.4 is 0 Å². The van der Waals surface area contributed by atoms with E-state index in [-0.39, 0.29) is 12.2 Å². The van der Waals surface area contributed by atoms with Crippen molar-refractivity contribution in [3.63, 3.8) is 0 Å². The van der Waals surface area contributed by atoms with Crippen LogP contribution in [0, 0.1) is 0 Å². The molecule has 0 unspecified atom stereocenters. The summed E-state index contributed by atoms with van der Waals surface area (Å²) in [5.41, 5.74) is 0.566. The quantitative estimate of drug-likeness (QED) is 0.601. The van der Waals surface area contributed by atoms with Gasteiger partial charge in [0.15, 0.2) is 0 Å². The Morgan fingerprint density at radius 2 is 2.17 bits per heavy atom. The lowest BCUT2D eigenvalue weighted by molar-refractivity contribution is -0.146. The average Bonchev–Trinajstić information content (AvgIpc) is 2.64. The number of carbonyl (C=O) groups is 1. The first-order chi connectivity index (χ1) is 8.35. The molecule has 0 aromatic carbocycles. The predicted octanol–water partition coefficient (Wildman–Crippen LogP) is 1.68. The van der Waals surface area contributed by atoms with E-state index in [1.54, 1.807) is 7.05 Å². The molecule has 8 heteroatoms. The van der Waals surface area contributed by atoms with Crippen molar-refractivity contribution >= 4 is 5.97 Å². The number of hydrogen-bond acceptors (Lipinski definition) is 4. The van der Waals surface area contributed by atoms with Crippen molar-refractivity contribution in [1.29, 1.82) is 0 Å². The number of aryl methyl sites for hydroxylation is 1. The second-order valence-electron chi connectivity index (χ2n) is 3.54. The number of halogens is 3. The Morgan fingerprint density at radius 1 is 1.50 bits per heavy atom. The van der Waals surface area contributed by atoms with E-state index < -0.39 is 25.2 Å². The topological polar surface area (TPSA) is 53.3 Å². The van der Waals surface area contributed by atoms with Crippen LogP contribution in [0.1, 0.15) is 22.5 Å². The number of aromatic nitrogens is 2. The highest BCUT2D eigenvalue weighted by atomic mass is 19.4. The van der Waals surface area contributed by atoms with E-state index in [0.29, 0.717) is 5.69 Å². The SMILES string of the molecule is COC(=O)c1cnn(C)c1COCCC(F)(F)F. The molecule has 0 atom stereocenters. The fourth-order valence-corrected chi connectivity index (χ4v) is 1.27. The molecule has 0 spiro atoms. The summed E-state index contributed by atoms with van der Waals surface area (Å²) in [5, 5.41) is 3.83. The normalized spacial score (nSPS) is 11.6. The van der Waals surface area contributed by atoms with Crippen molar-refractivity contribution < 1.29 is 27.4 Å². The number of hydrogen-bond donors (Lipinski definition) is 0. The third-order valence-electron chi connectivity index (χ3n) is 2.24. The minimum absolute atomic E-state index is 0.128. The van der Waals surface area contributed by atoms with E-state index >= 15 is 0 Å². The van der Waals surface area contributed by atoms with E-state index in [9.17, 15) is 18.0 Å². The lowest BCUT2D eigenvalue weighted by Gasteiger charge is -2.08. The summed E-state index contributed by atoms with van der Waals surface area (Å²) in [4.78, 5) is 11.3. The van der Waals surface area contributed by atoms with Crippen LogP contribution in [0.15, 0.2) is 6.20 Å². The lowest BCUT2D eigenvalue weighted by atomic mass is 10.2. The third kappa shape index (κ3) is 4.02. The van der Waals surface area contributed by atoms with Gasteiger partial charge in [-0.2, -0.15) is 18.3 Å². The fraction of sp³-hybridized carbons (Fsp3) is 0.600. The van der Waals surface area contributed by atoms with Gasteiger partial charge >= 0.3 is 12.1 Å². The summed E-state index contributed by atoms with van der Waals surface area (Å²) in [7, 11) is 2.78. The van der Waals surface area contributed by atoms with Crippen LogP contribution in [-0.4, -0.2) is 35.6 Å². The standard InChI is InChI=1S/C10H13F3N2O3/c1-15-8(6-18-4-3-10(11,12)13)7(5-14-15)9(16)17-2/h5H,3-4,6H2,1-2H3. The highest BCUT2D eigenvalue weighted by Gasteiger charge is 2.26. The number of rotatable bonds is 5. The second-order valence-corrected chi connectivity index (χ2v) is 3.54. The van der Waals surface area contributed by atoms with Crippen molar-refractivity contribution in [2.75, 3.05) is 13.7 Å². The van der Waals surface area contributed by atoms with E-state index in [4.69, 9.17) is 4.74 Å². The molecule has 0 saturated heterocycles. The number of esters is 1. The lowest BCUT2D eigenvalue weighted by Crippen LogP contribution is -2.13. The van der Waals surface area contributed by atoms with Crippen molar-refractivity contribution in [2.24, 2.45) is 7.05 Å². The molecular weight excluding hydrogens is 253 g/mol. The molecular formula is C10H13F3N2O3. The molecule has 0 fully saturated rings. The molecule has 0 saturated carbocycles. The maximum atomic E-state index is 11.9. The predicted molar refractivity (Wildman–Crippen MR) is 54.9 cm³/mol. The molecule has 0 aliphatic rings. The van der Waals surface area contributed by atoms with Gasteiger partial charge < -0.3 is 9.47 Å². The Bertz CT molecular complexity index is 415. The van der Waals surface area contributed by atoms with Crippen LogP contribution in [0.3, 0.4) is 0 Å². The zero-order valence-corrected chi connectivity index (χ0v) is 9.95. The summed E-state index contributed by atoms with van der Waals surface area (Å²) in [6.07, 6.45) is -4.00. The Labute approximate surface area is 101 Å². The van der Waals surface area contributed by atoms with Crippen molar-refractivity contribution in [3.05, 3.63) is 17.5 Å². The number of ether oxygens (including phenoxy) is 2. The molecule has 102 valence electrons. The molecule has 1 aromatic heterocycles. The van der Waals surface area contributed by atoms with Gasteiger partial charge in [-0.25, -0.2) is 4.79 Å². The maximum Gasteiger partial charge on any atom is 0.391 e. The molecule has 18 heavy (non-hydrogen) atoms. The van der Waals surface area contributed by atoms with Crippen LogP contribution in [0.2, 0.25) is 0 Å². The Kier molecular flexibility index (Phi) is 4.71. The maximum absolute atomic E-state index is 11.9. The van der Waals surface area contributed by atoms with Gasteiger partial charge in [-0.3, -0.25) is 4.68 Å². The first-order valence-electron chi connectivity index (χ1n) is 5.09. The second kappa shape index (κ2) is 5.85. The van der Waals surface area contributed by atoms with Crippen LogP contribution in [0.5, 0.6) is 0 Å². The smallest absolute Gasteiger partial charge is 0.391 e. The summed E-state index contributed by atoms with van der Waals surface area (Å²) in [6.45, 7) is -0.591. The summed E-state index contributed by atoms with van der Waals surface area (Å²) in [5.74, 6) is -0.600. The molecule has 0 N–H and O–H groups in total. The van der Waals surface area contributed by atoms with Gasteiger partial charge in [0.05, 0.1) is 38.6 Å². The van der Waals surface area contributed by atoms with Crippen molar-refractivity contribution in [2.45, 2.75) is 19.2 Å². The molecule has 0 aliphatic heterocycles. The van der Waals surface area contributed by atoms with Gasteiger partial charge in [-0.05, 0) is 0 Å². The summed E-state index contributed by atoms with van der Waals surface area (Å²) >= 11 is 0. The molecule has 0 bridgehead atoms. The molecule has 1 aromatic rings. The van der Waals surface area contributed by atoms with E-state index in [1.807, 2.05) is 0 Å². The first kappa shape index (κ1) is 14.5. The van der Waals surface area contributed by atoms with Crippen LogP contribution >= 0.6 is 0 Å². The Balaban J connectivity index is 2.56. The van der Waals surface area contributed by atoms with Crippen molar-refractivity contribution in [1.82, 2.24) is 9.78 Å². The number of nitrogens with zero attached hydrogens (tertiary/aromatic N) is 2. The molecule has 5 nitrogen and oxygen atoms in total. The fourth-order valence-electron chi connectivity index (χ4n) is 1.27. The number of methoxy groups -OCH3 is 1. The molecule has 0 amide bonds. The van der Waals surface area contributed by atoms with Gasteiger partial charge in [0.1, 0.15) is 5.56 Å². The van der Waals surface area contributed by atoms with E-state index in [0.717, 1.165) is 0 Å². The Hall–Kier alpha value is -1.57. The monoisotopic (exact) mass is 266 g/mol.